The molecule has 7 heteroatoms. The number of anilines is 1. The van der Waals surface area contributed by atoms with E-state index in [0.717, 1.165) is 11.3 Å². The molecule has 0 fully saturated rings. The molecule has 0 saturated carbocycles. The summed E-state index contributed by atoms with van der Waals surface area (Å²) in [5.74, 6) is 1.44. The minimum atomic E-state index is -0.172. The monoisotopic (exact) mass is 307 g/mol. The molecule has 2 heterocycles. The van der Waals surface area contributed by atoms with Crippen LogP contribution in [0.2, 0.25) is 5.02 Å². The highest BCUT2D eigenvalue weighted by atomic mass is 35.5. The van der Waals surface area contributed by atoms with Crippen LogP contribution in [-0.2, 0) is 11.2 Å². The number of halogens is 1. The number of rotatable bonds is 3. The molecule has 1 aliphatic rings. The van der Waals surface area contributed by atoms with Crippen LogP contribution in [0.1, 0.15) is 11.3 Å². The molecule has 1 aliphatic heterocycles. The van der Waals surface area contributed by atoms with Gasteiger partial charge in [0.1, 0.15) is 13.2 Å². The van der Waals surface area contributed by atoms with E-state index in [2.05, 4.69) is 15.5 Å². The predicted octanol–water partition coefficient (Wildman–Crippen LogP) is 2.32. The highest BCUT2D eigenvalue weighted by Gasteiger charge is 2.17. The summed E-state index contributed by atoms with van der Waals surface area (Å²) < 4.78 is 10.9. The van der Waals surface area contributed by atoms with E-state index in [1.165, 1.54) is 0 Å². The van der Waals surface area contributed by atoms with Crippen LogP contribution < -0.4 is 14.8 Å². The van der Waals surface area contributed by atoms with E-state index in [1.807, 2.05) is 6.92 Å². The quantitative estimate of drug-likeness (QED) is 0.912. The molecule has 3 rings (SSSR count). The summed E-state index contributed by atoms with van der Waals surface area (Å²) in [5.41, 5.74) is 1.64. The lowest BCUT2D eigenvalue weighted by atomic mass is 10.1. The van der Waals surface area contributed by atoms with Gasteiger partial charge in [0.25, 0.3) is 0 Å². The summed E-state index contributed by atoms with van der Waals surface area (Å²) in [7, 11) is 0. The molecule has 0 aliphatic carbocycles. The fourth-order valence-corrected chi connectivity index (χ4v) is 2.41. The molecule has 0 saturated heterocycles. The normalized spacial score (nSPS) is 13.0. The average Bonchev–Trinajstić information content (AvgIpc) is 2.84. The number of carbonyl (C=O) groups is 1. The number of hydrogen-bond donors (Lipinski definition) is 2. The van der Waals surface area contributed by atoms with Crippen LogP contribution in [0.25, 0.3) is 0 Å². The smallest absolute Gasteiger partial charge is 0.229 e. The van der Waals surface area contributed by atoms with Gasteiger partial charge < -0.3 is 14.8 Å². The van der Waals surface area contributed by atoms with Crippen molar-refractivity contribution in [1.82, 2.24) is 10.2 Å². The van der Waals surface area contributed by atoms with Crippen LogP contribution in [0, 0.1) is 6.92 Å². The maximum atomic E-state index is 12.0. The Kier molecular flexibility index (Phi) is 3.70. The van der Waals surface area contributed by atoms with Crippen LogP contribution in [0.5, 0.6) is 11.5 Å². The number of aryl methyl sites for hydroxylation is 1. The number of benzene rings is 1. The van der Waals surface area contributed by atoms with Crippen LogP contribution in [0.3, 0.4) is 0 Å². The first kappa shape index (κ1) is 13.8. The number of nitrogens with zero attached hydrogens (tertiary/aromatic N) is 1. The van der Waals surface area contributed by atoms with Crippen molar-refractivity contribution in [2.45, 2.75) is 13.3 Å². The van der Waals surface area contributed by atoms with Crippen molar-refractivity contribution < 1.29 is 14.3 Å². The van der Waals surface area contributed by atoms with Crippen LogP contribution in [-0.4, -0.2) is 29.3 Å². The number of aromatic nitrogens is 2. The van der Waals surface area contributed by atoms with Crippen molar-refractivity contribution in [3.8, 4) is 11.5 Å². The maximum absolute atomic E-state index is 12.0. The lowest BCUT2D eigenvalue weighted by molar-refractivity contribution is -0.115. The molecule has 21 heavy (non-hydrogen) atoms. The van der Waals surface area contributed by atoms with E-state index in [9.17, 15) is 4.79 Å². The molecule has 1 amide bonds. The van der Waals surface area contributed by atoms with Crippen molar-refractivity contribution in [3.63, 3.8) is 0 Å². The van der Waals surface area contributed by atoms with Gasteiger partial charge in [-0.3, -0.25) is 9.89 Å². The summed E-state index contributed by atoms with van der Waals surface area (Å²) in [6.07, 6.45) is 0.183. The molecule has 2 N–H and O–H groups in total. The number of carbonyl (C=O) groups excluding carboxylic acids is 1. The first-order chi connectivity index (χ1) is 10.1. The van der Waals surface area contributed by atoms with Crippen LogP contribution in [0.15, 0.2) is 18.2 Å². The zero-order valence-corrected chi connectivity index (χ0v) is 12.2. The van der Waals surface area contributed by atoms with Gasteiger partial charge in [0.05, 0.1) is 11.4 Å². The highest BCUT2D eigenvalue weighted by Crippen LogP contribution is 2.38. The Balaban J connectivity index is 1.72. The second-order valence-corrected chi connectivity index (χ2v) is 5.17. The lowest BCUT2D eigenvalue weighted by Gasteiger charge is -2.20. The zero-order valence-electron chi connectivity index (χ0n) is 11.4. The first-order valence-electron chi connectivity index (χ1n) is 6.52. The third kappa shape index (κ3) is 3.11. The van der Waals surface area contributed by atoms with E-state index in [0.29, 0.717) is 35.6 Å². The fourth-order valence-electron chi connectivity index (χ4n) is 2.12. The Hall–Kier alpha value is -2.21. The standard InChI is InChI=1S/C14H14ClN3O3/c1-8-4-12(18-17-8)16-13(19)7-9-5-10(15)14-11(6-9)20-2-3-21-14/h4-6H,2-3,7H2,1H3,(H2,16,17,18,19). The van der Waals surface area contributed by atoms with E-state index in [-0.39, 0.29) is 12.3 Å². The van der Waals surface area contributed by atoms with Gasteiger partial charge in [0.2, 0.25) is 5.91 Å². The molecule has 1 aromatic carbocycles. The van der Waals surface area contributed by atoms with Gasteiger partial charge >= 0.3 is 0 Å². The Bertz CT molecular complexity index is 684. The van der Waals surface area contributed by atoms with E-state index in [4.69, 9.17) is 21.1 Å². The SMILES string of the molecule is Cc1cc(NC(=O)Cc2cc(Cl)c3c(c2)OCCO3)n[nH]1. The van der Waals surface area contributed by atoms with Gasteiger partial charge in [0.15, 0.2) is 17.3 Å². The first-order valence-corrected chi connectivity index (χ1v) is 6.89. The molecule has 0 spiro atoms. The third-order valence-corrected chi connectivity index (χ3v) is 3.28. The van der Waals surface area contributed by atoms with Crippen molar-refractivity contribution in [3.05, 3.63) is 34.5 Å². The van der Waals surface area contributed by atoms with Crippen molar-refractivity contribution in [2.75, 3.05) is 18.5 Å². The number of H-pyrrole nitrogens is 1. The number of hydrogen-bond acceptors (Lipinski definition) is 4. The van der Waals surface area contributed by atoms with E-state index >= 15 is 0 Å². The Labute approximate surface area is 126 Å². The molecule has 6 nitrogen and oxygen atoms in total. The topological polar surface area (TPSA) is 76.2 Å². The number of ether oxygens (including phenoxy) is 2. The molecule has 0 unspecified atom stereocenters. The Morgan fingerprint density at radius 2 is 2.19 bits per heavy atom. The molecular weight excluding hydrogens is 294 g/mol. The van der Waals surface area contributed by atoms with Crippen molar-refractivity contribution in [2.24, 2.45) is 0 Å². The van der Waals surface area contributed by atoms with Crippen molar-refractivity contribution in [1.29, 1.82) is 0 Å². The molecular formula is C14H14ClN3O3. The summed E-state index contributed by atoms with van der Waals surface area (Å²) in [6, 6.07) is 5.24. The summed E-state index contributed by atoms with van der Waals surface area (Å²) >= 11 is 6.14. The fraction of sp³-hybridized carbons (Fsp3) is 0.286. The molecule has 0 radical (unpaired) electrons. The second kappa shape index (κ2) is 5.65. The molecule has 0 atom stereocenters. The van der Waals surface area contributed by atoms with Crippen LogP contribution >= 0.6 is 11.6 Å². The lowest BCUT2D eigenvalue weighted by Crippen LogP contribution is -2.17. The number of aromatic amines is 1. The van der Waals surface area contributed by atoms with Gasteiger partial charge in [0, 0.05) is 11.8 Å². The molecule has 1 aromatic heterocycles. The predicted molar refractivity (Wildman–Crippen MR) is 78.1 cm³/mol. The van der Waals surface area contributed by atoms with Gasteiger partial charge in [-0.2, -0.15) is 5.10 Å². The van der Waals surface area contributed by atoms with Gasteiger partial charge in [-0.1, -0.05) is 11.6 Å². The molecule has 0 bridgehead atoms. The van der Waals surface area contributed by atoms with E-state index < -0.39 is 0 Å². The highest BCUT2D eigenvalue weighted by molar-refractivity contribution is 6.32. The van der Waals surface area contributed by atoms with Crippen molar-refractivity contribution >= 4 is 23.3 Å². The van der Waals surface area contributed by atoms with Gasteiger partial charge in [-0.15, -0.1) is 0 Å². The minimum Gasteiger partial charge on any atom is -0.486 e. The summed E-state index contributed by atoms with van der Waals surface area (Å²) in [6.45, 7) is 2.82. The third-order valence-electron chi connectivity index (χ3n) is 2.99. The van der Waals surface area contributed by atoms with Gasteiger partial charge in [-0.25, -0.2) is 0 Å². The summed E-state index contributed by atoms with van der Waals surface area (Å²) in [5, 5.41) is 9.89. The zero-order chi connectivity index (χ0) is 14.8. The van der Waals surface area contributed by atoms with E-state index in [1.54, 1.807) is 18.2 Å². The second-order valence-electron chi connectivity index (χ2n) is 4.76. The minimum absolute atomic E-state index is 0.172. The van der Waals surface area contributed by atoms with Gasteiger partial charge in [-0.05, 0) is 24.6 Å². The largest absolute Gasteiger partial charge is 0.486 e. The maximum Gasteiger partial charge on any atom is 0.229 e. The average molecular weight is 308 g/mol. The van der Waals surface area contributed by atoms with Crippen LogP contribution in [0.4, 0.5) is 5.82 Å². The summed E-state index contributed by atoms with van der Waals surface area (Å²) in [4.78, 5) is 12.0. The Morgan fingerprint density at radius 1 is 1.38 bits per heavy atom. The number of nitrogens with one attached hydrogen (secondary N) is 2. The molecule has 110 valence electrons. The number of amides is 1. The number of fused-ring (bicyclic) bond motifs is 1. The Morgan fingerprint density at radius 3 is 2.95 bits per heavy atom. The molecule has 2 aromatic rings.